The van der Waals surface area contributed by atoms with Crippen LogP contribution in [0.2, 0.25) is 0 Å². The summed E-state index contributed by atoms with van der Waals surface area (Å²) in [5, 5.41) is 24.4. The third-order valence-electron chi connectivity index (χ3n) is 4.80. The number of carboxylic acids is 1. The van der Waals surface area contributed by atoms with E-state index >= 15 is 0 Å². The summed E-state index contributed by atoms with van der Waals surface area (Å²) in [6, 6.07) is 19.6. The van der Waals surface area contributed by atoms with Crippen LogP contribution in [0.1, 0.15) is 31.2 Å². The molecule has 1 aromatic heterocycles. The SMILES string of the molecule is O=C(O)c1ccc(COc2ccc(C=NNC(=O)c3cc4cc([N+](=O)[O-])ccc4s3)cc2)cc1. The number of nitrogens with zero attached hydrogens (tertiary/aromatic N) is 2. The largest absolute Gasteiger partial charge is 0.489 e. The summed E-state index contributed by atoms with van der Waals surface area (Å²) in [7, 11) is 0. The molecule has 4 aromatic rings. The molecule has 0 aliphatic rings. The number of nitrogens with one attached hydrogen (secondary N) is 1. The maximum absolute atomic E-state index is 12.4. The average molecular weight is 475 g/mol. The highest BCUT2D eigenvalue weighted by Crippen LogP contribution is 2.28. The second-order valence-electron chi connectivity index (χ2n) is 7.15. The van der Waals surface area contributed by atoms with Gasteiger partial charge < -0.3 is 9.84 Å². The van der Waals surface area contributed by atoms with Crippen molar-refractivity contribution in [3.8, 4) is 5.75 Å². The minimum atomic E-state index is -0.976. The Morgan fingerprint density at radius 3 is 2.47 bits per heavy atom. The molecular formula is C24H17N3O6S. The van der Waals surface area contributed by atoms with Crippen molar-refractivity contribution in [1.82, 2.24) is 5.43 Å². The highest BCUT2D eigenvalue weighted by molar-refractivity contribution is 7.20. The van der Waals surface area contributed by atoms with Gasteiger partial charge in [0.1, 0.15) is 12.4 Å². The van der Waals surface area contributed by atoms with E-state index in [4.69, 9.17) is 9.84 Å². The smallest absolute Gasteiger partial charge is 0.335 e. The first-order chi connectivity index (χ1) is 16.4. The maximum Gasteiger partial charge on any atom is 0.335 e. The zero-order chi connectivity index (χ0) is 24.1. The summed E-state index contributed by atoms with van der Waals surface area (Å²) in [5.41, 5.74) is 4.23. The van der Waals surface area contributed by atoms with Gasteiger partial charge in [-0.25, -0.2) is 10.2 Å². The molecule has 2 N–H and O–H groups in total. The molecule has 0 bridgehead atoms. The van der Waals surface area contributed by atoms with Crippen LogP contribution in [-0.2, 0) is 6.61 Å². The van der Waals surface area contributed by atoms with Crippen LogP contribution in [0.4, 0.5) is 5.69 Å². The van der Waals surface area contributed by atoms with Gasteiger partial charge in [-0.3, -0.25) is 14.9 Å². The third kappa shape index (κ3) is 5.43. The van der Waals surface area contributed by atoms with Crippen LogP contribution in [0.3, 0.4) is 0 Å². The molecule has 170 valence electrons. The van der Waals surface area contributed by atoms with E-state index in [-0.39, 0.29) is 11.3 Å². The Kier molecular flexibility index (Phi) is 6.60. The number of benzene rings is 3. The van der Waals surface area contributed by atoms with Crippen LogP contribution < -0.4 is 10.2 Å². The predicted molar refractivity (Wildman–Crippen MR) is 128 cm³/mol. The summed E-state index contributed by atoms with van der Waals surface area (Å²) in [5.74, 6) is -0.757. The third-order valence-corrected chi connectivity index (χ3v) is 5.92. The molecule has 0 saturated heterocycles. The Hall–Kier alpha value is -4.57. The lowest BCUT2D eigenvalue weighted by Crippen LogP contribution is -2.16. The van der Waals surface area contributed by atoms with Gasteiger partial charge in [-0.1, -0.05) is 12.1 Å². The van der Waals surface area contributed by atoms with Crippen LogP contribution in [0, 0.1) is 10.1 Å². The van der Waals surface area contributed by atoms with E-state index in [2.05, 4.69) is 10.5 Å². The summed E-state index contributed by atoms with van der Waals surface area (Å²) in [6.45, 7) is 0.293. The van der Waals surface area contributed by atoms with Gasteiger partial charge in [-0.2, -0.15) is 5.10 Å². The number of nitro benzene ring substituents is 1. The van der Waals surface area contributed by atoms with E-state index in [0.29, 0.717) is 22.6 Å². The van der Waals surface area contributed by atoms with Crippen LogP contribution >= 0.6 is 11.3 Å². The standard InChI is InChI=1S/C24H17N3O6S/c28-23(22-12-18-11-19(27(31)32)7-10-21(18)34-22)26-25-13-15-3-8-20(9-4-15)33-14-16-1-5-17(6-2-16)24(29)30/h1-13H,14H2,(H,26,28)(H,29,30). The van der Waals surface area contributed by atoms with Gasteiger partial charge in [-0.15, -0.1) is 11.3 Å². The lowest BCUT2D eigenvalue weighted by atomic mass is 10.1. The summed E-state index contributed by atoms with van der Waals surface area (Å²) < 4.78 is 6.47. The Morgan fingerprint density at radius 2 is 1.79 bits per heavy atom. The molecule has 0 radical (unpaired) electrons. The number of non-ortho nitro benzene ring substituents is 1. The van der Waals surface area contributed by atoms with Gasteiger partial charge in [-0.05, 0) is 59.7 Å². The number of thiophene rings is 1. The van der Waals surface area contributed by atoms with E-state index in [1.807, 2.05) is 0 Å². The fraction of sp³-hybridized carbons (Fsp3) is 0.0417. The number of aromatic carboxylic acids is 1. The molecular weight excluding hydrogens is 458 g/mol. The Morgan fingerprint density at radius 1 is 1.06 bits per heavy atom. The number of rotatable bonds is 8. The van der Waals surface area contributed by atoms with Crippen LogP contribution in [0.15, 0.2) is 77.9 Å². The second kappa shape index (κ2) is 9.92. The number of carbonyl (C=O) groups excluding carboxylic acids is 1. The van der Waals surface area contributed by atoms with Gasteiger partial charge in [0.05, 0.1) is 21.6 Å². The number of nitro groups is 1. The molecule has 0 fully saturated rings. The first-order valence-corrected chi connectivity index (χ1v) is 10.8. The number of hydrogen-bond acceptors (Lipinski definition) is 7. The first-order valence-electron chi connectivity index (χ1n) is 9.95. The van der Waals surface area contributed by atoms with Gasteiger partial charge >= 0.3 is 5.97 Å². The number of fused-ring (bicyclic) bond motifs is 1. The predicted octanol–water partition coefficient (Wildman–Crippen LogP) is 4.85. The van der Waals surface area contributed by atoms with Crippen molar-refractivity contribution in [2.24, 2.45) is 5.10 Å². The van der Waals surface area contributed by atoms with Crippen LogP contribution in [0.25, 0.3) is 10.1 Å². The summed E-state index contributed by atoms with van der Waals surface area (Å²) >= 11 is 1.23. The molecule has 0 unspecified atom stereocenters. The fourth-order valence-corrected chi connectivity index (χ4v) is 3.97. The Balaban J connectivity index is 1.31. The molecule has 1 amide bonds. The van der Waals surface area contributed by atoms with Crippen molar-refractivity contribution in [1.29, 1.82) is 0 Å². The number of ether oxygens (including phenoxy) is 1. The van der Waals surface area contributed by atoms with Gasteiger partial charge in [0.25, 0.3) is 11.6 Å². The number of carbonyl (C=O) groups is 2. The first kappa shape index (κ1) is 22.6. The number of hydrogen-bond donors (Lipinski definition) is 2. The topological polar surface area (TPSA) is 131 Å². The van der Waals surface area contributed by atoms with Crippen molar-refractivity contribution >= 4 is 45.2 Å². The quantitative estimate of drug-likeness (QED) is 0.213. The lowest BCUT2D eigenvalue weighted by Gasteiger charge is -2.07. The summed E-state index contributed by atoms with van der Waals surface area (Å²) in [4.78, 5) is 34.1. The molecule has 1 heterocycles. The second-order valence-corrected chi connectivity index (χ2v) is 8.23. The van der Waals surface area contributed by atoms with E-state index < -0.39 is 16.8 Å². The molecule has 0 aliphatic carbocycles. The summed E-state index contributed by atoms with van der Waals surface area (Å²) in [6.07, 6.45) is 1.49. The van der Waals surface area contributed by atoms with Crippen LogP contribution in [-0.4, -0.2) is 28.1 Å². The van der Waals surface area contributed by atoms with E-state index in [0.717, 1.165) is 15.8 Å². The monoisotopic (exact) mass is 475 g/mol. The zero-order valence-electron chi connectivity index (χ0n) is 17.5. The minimum Gasteiger partial charge on any atom is -0.489 e. The number of hydrazone groups is 1. The van der Waals surface area contributed by atoms with Crippen molar-refractivity contribution in [3.05, 3.63) is 104 Å². The van der Waals surface area contributed by atoms with Crippen molar-refractivity contribution in [2.45, 2.75) is 6.61 Å². The zero-order valence-corrected chi connectivity index (χ0v) is 18.3. The van der Waals surface area contributed by atoms with Crippen molar-refractivity contribution < 1.29 is 24.4 Å². The molecule has 3 aromatic carbocycles. The number of carboxylic acid groups (broad SMARTS) is 1. The molecule has 0 atom stereocenters. The van der Waals surface area contributed by atoms with Gasteiger partial charge in [0.15, 0.2) is 0 Å². The molecule has 0 spiro atoms. The van der Waals surface area contributed by atoms with Crippen molar-refractivity contribution in [2.75, 3.05) is 0 Å². The van der Waals surface area contributed by atoms with E-state index in [9.17, 15) is 19.7 Å². The minimum absolute atomic E-state index is 0.0289. The molecule has 0 aliphatic heterocycles. The lowest BCUT2D eigenvalue weighted by molar-refractivity contribution is -0.384. The Labute approximate surface area is 197 Å². The van der Waals surface area contributed by atoms with Gasteiger partial charge in [0, 0.05) is 22.2 Å². The fourth-order valence-electron chi connectivity index (χ4n) is 3.04. The molecule has 4 rings (SSSR count). The molecule has 0 saturated carbocycles. The maximum atomic E-state index is 12.4. The average Bonchev–Trinajstić information content (AvgIpc) is 3.27. The highest BCUT2D eigenvalue weighted by Gasteiger charge is 2.13. The Bertz CT molecular complexity index is 1390. The van der Waals surface area contributed by atoms with Crippen LogP contribution in [0.5, 0.6) is 5.75 Å². The van der Waals surface area contributed by atoms with E-state index in [1.54, 1.807) is 48.5 Å². The molecule has 10 heteroatoms. The van der Waals surface area contributed by atoms with E-state index in [1.165, 1.54) is 41.8 Å². The molecule has 9 nitrogen and oxygen atoms in total. The van der Waals surface area contributed by atoms with Crippen molar-refractivity contribution in [3.63, 3.8) is 0 Å². The highest BCUT2D eigenvalue weighted by atomic mass is 32.1. The normalized spacial score (nSPS) is 10.9. The number of amides is 1. The molecule has 34 heavy (non-hydrogen) atoms. The van der Waals surface area contributed by atoms with Gasteiger partial charge in [0.2, 0.25) is 0 Å².